The summed E-state index contributed by atoms with van der Waals surface area (Å²) in [6.07, 6.45) is 0. The van der Waals surface area contributed by atoms with Gasteiger partial charge in [-0.2, -0.15) is 4.39 Å². The number of hydrogen-bond acceptors (Lipinski definition) is 2. The summed E-state index contributed by atoms with van der Waals surface area (Å²) in [4.78, 5) is 0. The van der Waals surface area contributed by atoms with E-state index in [1.54, 1.807) is 6.07 Å². The lowest BCUT2D eigenvalue weighted by atomic mass is 9.84. The van der Waals surface area contributed by atoms with Gasteiger partial charge in [-0.05, 0) is 24.1 Å². The lowest BCUT2D eigenvalue weighted by molar-refractivity contribution is 0.459. The monoisotopic (exact) mass is 267 g/mol. The van der Waals surface area contributed by atoms with E-state index in [9.17, 15) is 8.78 Å². The van der Waals surface area contributed by atoms with E-state index in [4.69, 9.17) is 4.42 Å². The quantitative estimate of drug-likeness (QED) is 0.905. The molecule has 1 aromatic heterocycles. The molecule has 0 fully saturated rings. The van der Waals surface area contributed by atoms with E-state index < -0.39 is 11.6 Å². The van der Waals surface area contributed by atoms with Crippen LogP contribution in [-0.4, -0.2) is 6.54 Å². The van der Waals surface area contributed by atoms with Gasteiger partial charge in [0, 0.05) is 10.9 Å². The molecule has 19 heavy (non-hydrogen) atoms. The van der Waals surface area contributed by atoms with Gasteiger partial charge in [0.05, 0.1) is 6.54 Å². The van der Waals surface area contributed by atoms with Crippen molar-refractivity contribution >= 4 is 11.0 Å². The first kappa shape index (κ1) is 14.0. The minimum atomic E-state index is -0.911. The van der Waals surface area contributed by atoms with Crippen molar-refractivity contribution in [3.8, 4) is 0 Å². The van der Waals surface area contributed by atoms with Crippen LogP contribution in [0.15, 0.2) is 16.5 Å². The largest absolute Gasteiger partial charge is 0.456 e. The molecule has 1 aromatic carbocycles. The van der Waals surface area contributed by atoms with E-state index in [2.05, 4.69) is 5.32 Å². The Kier molecular flexibility index (Phi) is 3.63. The highest BCUT2D eigenvalue weighted by atomic mass is 19.2. The van der Waals surface area contributed by atoms with Crippen molar-refractivity contribution in [2.24, 2.45) is 0 Å². The summed E-state index contributed by atoms with van der Waals surface area (Å²) in [7, 11) is 0. The number of rotatable bonds is 3. The molecule has 4 heteroatoms. The summed E-state index contributed by atoms with van der Waals surface area (Å²) in [6, 6.07) is 2.74. The number of fused-ring (bicyclic) bond motifs is 1. The Labute approximate surface area is 111 Å². The molecular formula is C15H19F2NO. The van der Waals surface area contributed by atoms with Gasteiger partial charge < -0.3 is 9.73 Å². The van der Waals surface area contributed by atoms with E-state index >= 15 is 0 Å². The molecule has 0 aliphatic rings. The number of benzene rings is 1. The van der Waals surface area contributed by atoms with E-state index in [0.29, 0.717) is 17.7 Å². The zero-order chi connectivity index (χ0) is 14.2. The van der Waals surface area contributed by atoms with Crippen LogP contribution >= 0.6 is 0 Å². The molecule has 0 amide bonds. The van der Waals surface area contributed by atoms with Gasteiger partial charge >= 0.3 is 0 Å². The highest BCUT2D eigenvalue weighted by Crippen LogP contribution is 2.37. The van der Waals surface area contributed by atoms with Gasteiger partial charge in [-0.15, -0.1) is 0 Å². The molecular weight excluding hydrogens is 248 g/mol. The van der Waals surface area contributed by atoms with E-state index in [1.165, 1.54) is 0 Å². The van der Waals surface area contributed by atoms with Crippen molar-refractivity contribution in [2.75, 3.05) is 6.54 Å². The molecule has 0 radical (unpaired) electrons. The van der Waals surface area contributed by atoms with Crippen molar-refractivity contribution in [3.05, 3.63) is 35.1 Å². The van der Waals surface area contributed by atoms with Gasteiger partial charge in [-0.1, -0.05) is 27.7 Å². The van der Waals surface area contributed by atoms with Gasteiger partial charge in [0.2, 0.25) is 5.82 Å². The smallest absolute Gasteiger partial charge is 0.201 e. The third-order valence-electron chi connectivity index (χ3n) is 3.11. The second-order valence-corrected chi connectivity index (χ2v) is 5.67. The van der Waals surface area contributed by atoms with Crippen LogP contribution < -0.4 is 5.32 Å². The Balaban J connectivity index is 2.69. The molecule has 2 rings (SSSR count). The fraction of sp³-hybridized carbons (Fsp3) is 0.467. The number of furan rings is 1. The third-order valence-corrected chi connectivity index (χ3v) is 3.11. The molecule has 2 aromatic rings. The third kappa shape index (κ3) is 2.50. The molecule has 104 valence electrons. The highest BCUT2D eigenvalue weighted by Gasteiger charge is 2.27. The molecule has 0 saturated heterocycles. The lowest BCUT2D eigenvalue weighted by Gasteiger charge is -2.19. The summed E-state index contributed by atoms with van der Waals surface area (Å²) in [5.41, 5.74) is 0.750. The van der Waals surface area contributed by atoms with Crippen LogP contribution in [0.1, 0.15) is 39.0 Å². The van der Waals surface area contributed by atoms with Crippen LogP contribution in [0.5, 0.6) is 0 Å². The Morgan fingerprint density at radius 1 is 1.21 bits per heavy atom. The maximum Gasteiger partial charge on any atom is 0.201 e. The summed E-state index contributed by atoms with van der Waals surface area (Å²) < 4.78 is 32.7. The van der Waals surface area contributed by atoms with E-state index in [-0.39, 0.29) is 11.0 Å². The molecule has 1 heterocycles. The Bertz CT molecular complexity index is 596. The lowest BCUT2D eigenvalue weighted by Crippen LogP contribution is -2.18. The van der Waals surface area contributed by atoms with Gasteiger partial charge in [-0.25, -0.2) is 4.39 Å². The molecule has 0 aliphatic carbocycles. The molecule has 1 N–H and O–H groups in total. The molecule has 0 bridgehead atoms. The number of nitrogens with one attached hydrogen (secondary N) is 1. The van der Waals surface area contributed by atoms with Crippen LogP contribution in [0.25, 0.3) is 11.0 Å². The first-order chi connectivity index (χ1) is 8.86. The van der Waals surface area contributed by atoms with Crippen LogP contribution in [0.3, 0.4) is 0 Å². The Morgan fingerprint density at radius 3 is 2.47 bits per heavy atom. The predicted octanol–water partition coefficient (Wildman–Crippen LogP) is 4.12. The van der Waals surface area contributed by atoms with Crippen LogP contribution in [0, 0.1) is 11.6 Å². The molecule has 0 saturated carbocycles. The second-order valence-electron chi connectivity index (χ2n) is 5.67. The highest BCUT2D eigenvalue weighted by molar-refractivity contribution is 5.84. The van der Waals surface area contributed by atoms with Crippen molar-refractivity contribution in [3.63, 3.8) is 0 Å². The topological polar surface area (TPSA) is 25.2 Å². The van der Waals surface area contributed by atoms with Crippen LogP contribution in [0.2, 0.25) is 0 Å². The normalized spacial score (nSPS) is 12.3. The van der Waals surface area contributed by atoms with Gasteiger partial charge in [0.25, 0.3) is 0 Å². The van der Waals surface area contributed by atoms with Crippen LogP contribution in [0.4, 0.5) is 8.78 Å². The maximum absolute atomic E-state index is 13.8. The molecule has 0 aliphatic heterocycles. The summed E-state index contributed by atoms with van der Waals surface area (Å²) >= 11 is 0. The van der Waals surface area contributed by atoms with Gasteiger partial charge in [-0.3, -0.25) is 0 Å². The minimum absolute atomic E-state index is 0.0119. The van der Waals surface area contributed by atoms with Crippen LogP contribution in [-0.2, 0) is 12.0 Å². The minimum Gasteiger partial charge on any atom is -0.456 e. The van der Waals surface area contributed by atoms with Crippen molar-refractivity contribution in [1.82, 2.24) is 5.32 Å². The summed E-state index contributed by atoms with van der Waals surface area (Å²) in [5.74, 6) is -1.11. The van der Waals surface area contributed by atoms with Gasteiger partial charge in [0.1, 0.15) is 5.76 Å². The maximum atomic E-state index is 13.8. The number of hydrogen-bond donors (Lipinski definition) is 1. The Hall–Kier alpha value is -1.42. The molecule has 0 unspecified atom stereocenters. The fourth-order valence-corrected chi connectivity index (χ4v) is 2.34. The van der Waals surface area contributed by atoms with E-state index in [0.717, 1.165) is 18.2 Å². The molecule has 0 spiro atoms. The van der Waals surface area contributed by atoms with Crippen molar-refractivity contribution in [2.45, 2.75) is 39.7 Å². The second kappa shape index (κ2) is 4.93. The van der Waals surface area contributed by atoms with Crippen molar-refractivity contribution < 1.29 is 13.2 Å². The number of halogens is 2. The fourth-order valence-electron chi connectivity index (χ4n) is 2.34. The zero-order valence-corrected chi connectivity index (χ0v) is 11.7. The summed E-state index contributed by atoms with van der Waals surface area (Å²) in [5, 5.41) is 3.81. The van der Waals surface area contributed by atoms with Crippen molar-refractivity contribution in [1.29, 1.82) is 0 Å². The SMILES string of the molecule is CCNCc1oc2c(F)c(F)ccc2c1C(C)(C)C. The molecule has 0 atom stereocenters. The standard InChI is InChI=1S/C15H19F2NO/c1-5-18-8-11-12(15(2,3)4)9-6-7-10(16)13(17)14(9)19-11/h6-7,18H,5,8H2,1-4H3. The van der Waals surface area contributed by atoms with Gasteiger partial charge in [0.15, 0.2) is 11.4 Å². The predicted molar refractivity (Wildman–Crippen MR) is 72.2 cm³/mol. The first-order valence-corrected chi connectivity index (χ1v) is 6.46. The van der Waals surface area contributed by atoms with E-state index in [1.807, 2.05) is 27.7 Å². The summed E-state index contributed by atoms with van der Waals surface area (Å²) in [6.45, 7) is 9.39. The average Bonchev–Trinajstić information content (AvgIpc) is 2.70. The average molecular weight is 267 g/mol. The zero-order valence-electron chi connectivity index (χ0n) is 11.7. The Morgan fingerprint density at radius 2 is 1.89 bits per heavy atom. The first-order valence-electron chi connectivity index (χ1n) is 6.46. The molecule has 2 nitrogen and oxygen atoms in total.